The lowest BCUT2D eigenvalue weighted by molar-refractivity contribution is -0.122. The largest absolute Gasteiger partial charge is 0.487 e. The second kappa shape index (κ2) is 9.91. The maximum absolute atomic E-state index is 13.2. The number of carbonyl (C=O) groups is 3. The number of carbonyl (C=O) groups excluding carboxylic acids is 3. The molecular weight excluding hydrogens is 488 g/mol. The highest BCUT2D eigenvalue weighted by Gasteiger charge is 2.37. The number of nitrogens with one attached hydrogen (secondary N) is 1. The molecule has 0 saturated carbocycles. The Morgan fingerprint density at radius 2 is 1.65 bits per heavy atom. The second-order valence-corrected chi connectivity index (χ2v) is 9.21. The van der Waals surface area contributed by atoms with Crippen LogP contribution in [0.25, 0.3) is 16.8 Å². The molecule has 1 heterocycles. The Bertz CT molecular complexity index is 1610. The van der Waals surface area contributed by atoms with E-state index in [1.54, 1.807) is 49.4 Å². The number of ether oxygens (including phenoxy) is 1. The van der Waals surface area contributed by atoms with E-state index in [1.807, 2.05) is 19.1 Å². The van der Waals surface area contributed by atoms with Crippen LogP contribution in [-0.4, -0.2) is 17.8 Å². The molecule has 37 heavy (non-hydrogen) atoms. The molecule has 4 amide bonds. The Balaban J connectivity index is 1.40. The molecule has 0 bridgehead atoms. The number of fused-ring (bicyclic) bond motifs is 1. The van der Waals surface area contributed by atoms with Crippen molar-refractivity contribution in [1.82, 2.24) is 5.32 Å². The van der Waals surface area contributed by atoms with Gasteiger partial charge in [-0.2, -0.15) is 0 Å². The Morgan fingerprint density at radius 1 is 0.892 bits per heavy atom. The number of halogens is 1. The van der Waals surface area contributed by atoms with E-state index in [2.05, 4.69) is 29.6 Å². The molecule has 1 fully saturated rings. The average molecular weight is 511 g/mol. The maximum Gasteiger partial charge on any atom is 0.335 e. The van der Waals surface area contributed by atoms with Crippen LogP contribution < -0.4 is 15.0 Å². The van der Waals surface area contributed by atoms with Gasteiger partial charge in [0.05, 0.1) is 10.7 Å². The first-order valence-electron chi connectivity index (χ1n) is 11.7. The molecular formula is C30H23ClN2O4. The normalized spacial score (nSPS) is 14.8. The number of rotatable bonds is 5. The lowest BCUT2D eigenvalue weighted by atomic mass is 10.0. The van der Waals surface area contributed by atoms with Crippen LogP contribution in [0, 0.1) is 13.8 Å². The first kappa shape index (κ1) is 24.3. The van der Waals surface area contributed by atoms with Crippen LogP contribution in [0.15, 0.2) is 84.4 Å². The molecule has 0 aliphatic carbocycles. The van der Waals surface area contributed by atoms with Crippen LogP contribution in [0.2, 0.25) is 5.02 Å². The number of nitrogens with zero attached hydrogens (tertiary/aromatic N) is 1. The average Bonchev–Trinajstić information content (AvgIpc) is 2.88. The Kier molecular flexibility index (Phi) is 6.51. The van der Waals surface area contributed by atoms with Crippen LogP contribution in [0.4, 0.5) is 10.5 Å². The van der Waals surface area contributed by atoms with Crippen LogP contribution in [0.3, 0.4) is 0 Å². The van der Waals surface area contributed by atoms with Crippen LogP contribution in [0.1, 0.15) is 22.3 Å². The number of amides is 4. The predicted molar refractivity (Wildman–Crippen MR) is 145 cm³/mol. The quantitative estimate of drug-likeness (QED) is 0.250. The molecule has 4 aromatic carbocycles. The summed E-state index contributed by atoms with van der Waals surface area (Å²) < 4.78 is 6.05. The van der Waals surface area contributed by atoms with E-state index in [1.165, 1.54) is 6.08 Å². The van der Waals surface area contributed by atoms with Gasteiger partial charge in [0.15, 0.2) is 0 Å². The third-order valence-corrected chi connectivity index (χ3v) is 6.67. The van der Waals surface area contributed by atoms with Gasteiger partial charge < -0.3 is 4.74 Å². The van der Waals surface area contributed by atoms with Crippen molar-refractivity contribution in [2.75, 3.05) is 4.90 Å². The van der Waals surface area contributed by atoms with Crippen molar-refractivity contribution in [2.24, 2.45) is 0 Å². The van der Waals surface area contributed by atoms with Gasteiger partial charge in [-0.1, -0.05) is 72.3 Å². The third-order valence-electron chi connectivity index (χ3n) is 6.37. The fourth-order valence-corrected chi connectivity index (χ4v) is 4.61. The van der Waals surface area contributed by atoms with Gasteiger partial charge in [0.1, 0.15) is 17.9 Å². The fourth-order valence-electron chi connectivity index (χ4n) is 4.37. The molecule has 1 aliphatic heterocycles. The van der Waals surface area contributed by atoms with Gasteiger partial charge in [0.25, 0.3) is 11.8 Å². The molecule has 0 radical (unpaired) electrons. The highest BCUT2D eigenvalue weighted by atomic mass is 35.5. The molecule has 0 unspecified atom stereocenters. The van der Waals surface area contributed by atoms with Gasteiger partial charge in [0.2, 0.25) is 0 Å². The summed E-state index contributed by atoms with van der Waals surface area (Å²) in [6.07, 6.45) is 1.42. The number of benzene rings is 4. The second-order valence-electron chi connectivity index (χ2n) is 8.81. The van der Waals surface area contributed by atoms with Crippen LogP contribution in [0.5, 0.6) is 5.75 Å². The molecule has 0 atom stereocenters. The van der Waals surface area contributed by atoms with E-state index in [-0.39, 0.29) is 5.57 Å². The minimum Gasteiger partial charge on any atom is -0.487 e. The number of imide groups is 2. The first-order valence-corrected chi connectivity index (χ1v) is 12.1. The molecule has 4 aromatic rings. The topological polar surface area (TPSA) is 75.7 Å². The number of barbiturate groups is 1. The van der Waals surface area contributed by atoms with Gasteiger partial charge in [0, 0.05) is 5.56 Å². The van der Waals surface area contributed by atoms with Crippen molar-refractivity contribution < 1.29 is 19.1 Å². The van der Waals surface area contributed by atoms with Gasteiger partial charge >= 0.3 is 6.03 Å². The smallest absolute Gasteiger partial charge is 0.335 e. The zero-order valence-electron chi connectivity index (χ0n) is 20.2. The molecule has 184 valence electrons. The third kappa shape index (κ3) is 4.71. The highest BCUT2D eigenvalue weighted by molar-refractivity contribution is 6.39. The summed E-state index contributed by atoms with van der Waals surface area (Å²) in [5.74, 6) is -0.985. The molecule has 6 nitrogen and oxygen atoms in total. The standard InChI is InChI=1S/C30H23ClN2O4/c1-18-11-13-21-8-4-5-9-22(21)24(18)17-37-27-14-12-20(16-25(27)31)15-23-28(34)32-30(36)33(29(23)35)26-10-6-3-7-19(26)2/h3-16H,17H2,1-2H3,(H,32,34,36)/b23-15+. The van der Waals surface area contributed by atoms with Crippen molar-refractivity contribution in [3.05, 3.63) is 112 Å². The Morgan fingerprint density at radius 3 is 2.43 bits per heavy atom. The highest BCUT2D eigenvalue weighted by Crippen LogP contribution is 2.30. The van der Waals surface area contributed by atoms with E-state index in [9.17, 15) is 14.4 Å². The summed E-state index contributed by atoms with van der Waals surface area (Å²) in [5.41, 5.74) is 3.69. The van der Waals surface area contributed by atoms with Crippen LogP contribution >= 0.6 is 11.6 Å². The maximum atomic E-state index is 13.2. The lowest BCUT2D eigenvalue weighted by Crippen LogP contribution is -2.54. The molecule has 0 spiro atoms. The molecule has 7 heteroatoms. The minimum atomic E-state index is -0.785. The van der Waals surface area contributed by atoms with Gasteiger partial charge in [-0.3, -0.25) is 14.9 Å². The van der Waals surface area contributed by atoms with Crippen molar-refractivity contribution in [3.8, 4) is 5.75 Å². The molecule has 0 aromatic heterocycles. The van der Waals surface area contributed by atoms with E-state index in [4.69, 9.17) is 16.3 Å². The lowest BCUT2D eigenvalue weighted by Gasteiger charge is -2.27. The zero-order valence-corrected chi connectivity index (χ0v) is 21.0. The fraction of sp³-hybridized carbons (Fsp3) is 0.100. The van der Waals surface area contributed by atoms with Crippen molar-refractivity contribution in [1.29, 1.82) is 0 Å². The minimum absolute atomic E-state index is 0.168. The molecule has 1 saturated heterocycles. The number of hydrogen-bond donors (Lipinski definition) is 1. The molecule has 5 rings (SSSR count). The summed E-state index contributed by atoms with van der Waals surface area (Å²) in [4.78, 5) is 39.1. The van der Waals surface area contributed by atoms with Crippen molar-refractivity contribution in [3.63, 3.8) is 0 Å². The molecule has 1 aliphatic rings. The van der Waals surface area contributed by atoms with Crippen molar-refractivity contribution in [2.45, 2.75) is 20.5 Å². The number of urea groups is 1. The van der Waals surface area contributed by atoms with Crippen LogP contribution in [-0.2, 0) is 16.2 Å². The van der Waals surface area contributed by atoms with Gasteiger partial charge in [-0.25, -0.2) is 9.69 Å². The zero-order chi connectivity index (χ0) is 26.1. The number of para-hydroxylation sites is 1. The van der Waals surface area contributed by atoms with Gasteiger partial charge in [-0.05, 0) is 65.6 Å². The Labute approximate surface area is 219 Å². The number of anilines is 1. The number of aryl methyl sites for hydroxylation is 2. The van der Waals surface area contributed by atoms with Gasteiger partial charge in [-0.15, -0.1) is 0 Å². The molecule has 1 N–H and O–H groups in total. The summed E-state index contributed by atoms with van der Waals surface area (Å²) in [5, 5.41) is 4.83. The summed E-state index contributed by atoms with van der Waals surface area (Å²) in [7, 11) is 0. The monoisotopic (exact) mass is 510 g/mol. The summed E-state index contributed by atoms with van der Waals surface area (Å²) in [6.45, 7) is 4.16. The van der Waals surface area contributed by atoms with E-state index >= 15 is 0 Å². The number of hydrogen-bond acceptors (Lipinski definition) is 4. The summed E-state index contributed by atoms with van der Waals surface area (Å²) in [6, 6.07) is 23.5. The Hall–Kier alpha value is -4.42. The van der Waals surface area contributed by atoms with E-state index < -0.39 is 17.8 Å². The van der Waals surface area contributed by atoms with E-state index in [0.29, 0.717) is 28.6 Å². The summed E-state index contributed by atoms with van der Waals surface area (Å²) >= 11 is 6.51. The van der Waals surface area contributed by atoms with E-state index in [0.717, 1.165) is 32.4 Å². The predicted octanol–water partition coefficient (Wildman–Crippen LogP) is 6.36. The first-order chi connectivity index (χ1) is 17.8. The SMILES string of the molecule is Cc1ccccc1N1C(=O)NC(=O)/C(=C\c2ccc(OCc3c(C)ccc4ccccc34)c(Cl)c2)C1=O. The van der Waals surface area contributed by atoms with Crippen molar-refractivity contribution >= 4 is 52.0 Å².